The molecule has 1 aliphatic rings. The summed E-state index contributed by atoms with van der Waals surface area (Å²) in [6.07, 6.45) is 5.68. The molecule has 3 aromatic heterocycles. The van der Waals surface area contributed by atoms with Crippen LogP contribution < -0.4 is 5.32 Å². The van der Waals surface area contributed by atoms with E-state index in [-0.39, 0.29) is 11.9 Å². The van der Waals surface area contributed by atoms with Crippen LogP contribution >= 0.6 is 11.6 Å². The van der Waals surface area contributed by atoms with Gasteiger partial charge >= 0.3 is 0 Å². The van der Waals surface area contributed by atoms with Crippen molar-refractivity contribution < 1.29 is 9.32 Å². The van der Waals surface area contributed by atoms with Crippen molar-refractivity contribution in [3.63, 3.8) is 0 Å². The molecule has 0 radical (unpaired) electrons. The quantitative estimate of drug-likeness (QED) is 0.335. The topological polar surface area (TPSA) is 116 Å². The van der Waals surface area contributed by atoms with Gasteiger partial charge in [0.25, 0.3) is 5.91 Å². The van der Waals surface area contributed by atoms with E-state index in [0.717, 1.165) is 36.4 Å². The first-order chi connectivity index (χ1) is 18.1. The van der Waals surface area contributed by atoms with Gasteiger partial charge in [0.1, 0.15) is 5.69 Å². The second-order valence-electron chi connectivity index (χ2n) is 8.93. The molecule has 11 heteroatoms. The molecule has 1 saturated heterocycles. The zero-order valence-electron chi connectivity index (χ0n) is 20.8. The van der Waals surface area contributed by atoms with Crippen molar-refractivity contribution in [3.8, 4) is 22.5 Å². The summed E-state index contributed by atoms with van der Waals surface area (Å²) >= 11 is 6.28. The lowest BCUT2D eigenvalue weighted by Gasteiger charge is -2.17. The Morgan fingerprint density at radius 1 is 1.30 bits per heavy atom. The van der Waals surface area contributed by atoms with Gasteiger partial charge in [0, 0.05) is 42.1 Å². The van der Waals surface area contributed by atoms with Crippen LogP contribution in [0.5, 0.6) is 0 Å². The third-order valence-corrected chi connectivity index (χ3v) is 6.82. The van der Waals surface area contributed by atoms with Crippen LogP contribution in [0.3, 0.4) is 0 Å². The van der Waals surface area contributed by atoms with Gasteiger partial charge in [-0.05, 0) is 37.7 Å². The number of anilines is 1. The first-order valence-corrected chi connectivity index (χ1v) is 12.8. The average Bonchev–Trinajstić information content (AvgIpc) is 3.68. The van der Waals surface area contributed by atoms with E-state index >= 15 is 0 Å². The number of likely N-dealkylation sites (tertiary alicyclic amines) is 1. The molecule has 0 saturated carbocycles. The highest BCUT2D eigenvalue weighted by Crippen LogP contribution is 2.35. The van der Waals surface area contributed by atoms with E-state index in [4.69, 9.17) is 21.1 Å². The van der Waals surface area contributed by atoms with Gasteiger partial charge < -0.3 is 14.7 Å². The molecule has 5 rings (SSSR count). The third kappa shape index (κ3) is 5.50. The highest BCUT2D eigenvalue weighted by Gasteiger charge is 2.28. The van der Waals surface area contributed by atoms with E-state index in [9.17, 15) is 4.79 Å². The van der Waals surface area contributed by atoms with Gasteiger partial charge in [0.05, 0.1) is 29.6 Å². The fourth-order valence-corrected chi connectivity index (χ4v) is 4.73. The molecule has 4 aromatic rings. The molecule has 1 aromatic carbocycles. The molecular formula is C26H29ClN8O2. The molecule has 2 N–H and O–H groups in total. The number of halogens is 1. The van der Waals surface area contributed by atoms with E-state index in [1.807, 2.05) is 35.2 Å². The molecule has 0 spiro atoms. The standard InChI is InChI=1S/C26H29ClN8O2/c1-3-34(4-2)16-22-23(24(33-37-22)17-6-5-7-19(27)12-17)21-8-10-28-26(32-21)31-20-9-11-35(15-20)25(36)18-13-29-30-14-18/h5-8,10,12-14,20H,3-4,9,11,15-16H2,1-2H3,(H,29,30)(H,28,31,32)/t20-/m1/s1. The summed E-state index contributed by atoms with van der Waals surface area (Å²) in [6, 6.07) is 9.45. The van der Waals surface area contributed by atoms with Crippen molar-refractivity contribution in [1.82, 2.24) is 35.1 Å². The normalized spacial score (nSPS) is 15.5. The number of amides is 1. The molecule has 37 heavy (non-hydrogen) atoms. The summed E-state index contributed by atoms with van der Waals surface area (Å²) in [5, 5.41) is 15.0. The van der Waals surface area contributed by atoms with E-state index in [0.29, 0.717) is 47.6 Å². The van der Waals surface area contributed by atoms with Gasteiger partial charge in [-0.15, -0.1) is 0 Å². The molecule has 1 aliphatic heterocycles. The number of aromatic nitrogens is 5. The minimum atomic E-state index is -0.0376. The monoisotopic (exact) mass is 520 g/mol. The van der Waals surface area contributed by atoms with E-state index < -0.39 is 0 Å². The predicted octanol–water partition coefficient (Wildman–Crippen LogP) is 4.34. The Bertz CT molecular complexity index is 1350. The van der Waals surface area contributed by atoms with E-state index in [2.05, 4.69) is 44.4 Å². The number of carbonyl (C=O) groups excluding carboxylic acids is 1. The zero-order chi connectivity index (χ0) is 25.8. The van der Waals surface area contributed by atoms with Crippen LogP contribution in [0, 0.1) is 0 Å². The van der Waals surface area contributed by atoms with Crippen LogP contribution in [0.25, 0.3) is 22.5 Å². The van der Waals surface area contributed by atoms with Crippen LogP contribution in [-0.2, 0) is 6.54 Å². The number of hydrogen-bond donors (Lipinski definition) is 2. The van der Waals surface area contributed by atoms with Gasteiger partial charge in [0.15, 0.2) is 5.76 Å². The molecule has 1 amide bonds. The first-order valence-electron chi connectivity index (χ1n) is 12.4. The third-order valence-electron chi connectivity index (χ3n) is 6.59. The zero-order valence-corrected chi connectivity index (χ0v) is 21.6. The lowest BCUT2D eigenvalue weighted by Crippen LogP contribution is -2.31. The Hall–Kier alpha value is -3.76. The number of H-pyrrole nitrogens is 1. The van der Waals surface area contributed by atoms with Gasteiger partial charge in [-0.3, -0.25) is 14.8 Å². The van der Waals surface area contributed by atoms with Gasteiger partial charge in [-0.25, -0.2) is 9.97 Å². The van der Waals surface area contributed by atoms with Gasteiger partial charge in [-0.1, -0.05) is 42.7 Å². The molecule has 4 heterocycles. The number of hydrogen-bond acceptors (Lipinski definition) is 8. The molecule has 0 bridgehead atoms. The lowest BCUT2D eigenvalue weighted by molar-refractivity contribution is 0.0791. The molecule has 10 nitrogen and oxygen atoms in total. The summed E-state index contributed by atoms with van der Waals surface area (Å²) < 4.78 is 5.86. The summed E-state index contributed by atoms with van der Waals surface area (Å²) in [5.41, 5.74) is 3.63. The highest BCUT2D eigenvalue weighted by atomic mass is 35.5. The Kier molecular flexibility index (Phi) is 7.47. The number of rotatable bonds is 9. The van der Waals surface area contributed by atoms with Crippen molar-refractivity contribution in [2.45, 2.75) is 32.9 Å². The number of aromatic amines is 1. The van der Waals surface area contributed by atoms with Gasteiger partial charge in [0.2, 0.25) is 5.95 Å². The Morgan fingerprint density at radius 2 is 2.16 bits per heavy atom. The highest BCUT2D eigenvalue weighted by molar-refractivity contribution is 6.30. The van der Waals surface area contributed by atoms with Gasteiger partial charge in [-0.2, -0.15) is 5.10 Å². The van der Waals surface area contributed by atoms with E-state index in [1.54, 1.807) is 18.6 Å². The SMILES string of the molecule is CCN(CC)Cc1onc(-c2cccc(Cl)c2)c1-c1ccnc(N[C@@H]2CCN(C(=O)c3cn[nH]c3)C2)n1. The molecular weight excluding hydrogens is 492 g/mol. The fraction of sp³-hybridized carbons (Fsp3) is 0.346. The van der Waals surface area contributed by atoms with Crippen LogP contribution in [-0.4, -0.2) is 73.2 Å². The summed E-state index contributed by atoms with van der Waals surface area (Å²) in [7, 11) is 0. The summed E-state index contributed by atoms with van der Waals surface area (Å²) in [4.78, 5) is 26.0. The fourth-order valence-electron chi connectivity index (χ4n) is 4.54. The van der Waals surface area contributed by atoms with Crippen molar-refractivity contribution in [2.24, 2.45) is 0 Å². The molecule has 0 aliphatic carbocycles. The minimum Gasteiger partial charge on any atom is -0.359 e. The smallest absolute Gasteiger partial charge is 0.257 e. The first kappa shape index (κ1) is 24.9. The predicted molar refractivity (Wildman–Crippen MR) is 141 cm³/mol. The number of benzene rings is 1. The molecule has 1 atom stereocenters. The second-order valence-corrected chi connectivity index (χ2v) is 9.37. The van der Waals surface area contributed by atoms with Crippen LogP contribution in [0.15, 0.2) is 53.4 Å². The number of nitrogens with one attached hydrogen (secondary N) is 2. The summed E-state index contributed by atoms with van der Waals surface area (Å²) in [5.74, 6) is 1.19. The second kappa shape index (κ2) is 11.1. The Morgan fingerprint density at radius 3 is 2.92 bits per heavy atom. The maximum atomic E-state index is 12.7. The summed E-state index contributed by atoms with van der Waals surface area (Å²) in [6.45, 7) is 7.83. The number of carbonyl (C=O) groups is 1. The Balaban J connectivity index is 1.41. The molecule has 1 fully saturated rings. The van der Waals surface area contributed by atoms with Crippen molar-refractivity contribution >= 4 is 23.5 Å². The number of nitrogens with zero attached hydrogens (tertiary/aromatic N) is 6. The maximum absolute atomic E-state index is 12.7. The van der Waals surface area contributed by atoms with Crippen LogP contribution in [0.4, 0.5) is 5.95 Å². The lowest BCUT2D eigenvalue weighted by atomic mass is 10.0. The largest absolute Gasteiger partial charge is 0.359 e. The average molecular weight is 521 g/mol. The minimum absolute atomic E-state index is 0.0376. The van der Waals surface area contributed by atoms with Crippen LogP contribution in [0.2, 0.25) is 5.02 Å². The van der Waals surface area contributed by atoms with Crippen LogP contribution in [0.1, 0.15) is 36.4 Å². The van der Waals surface area contributed by atoms with Crippen molar-refractivity contribution in [2.75, 3.05) is 31.5 Å². The molecule has 192 valence electrons. The molecule has 0 unspecified atom stereocenters. The maximum Gasteiger partial charge on any atom is 0.257 e. The van der Waals surface area contributed by atoms with Crippen molar-refractivity contribution in [3.05, 3.63) is 65.3 Å². The van der Waals surface area contributed by atoms with Crippen molar-refractivity contribution in [1.29, 1.82) is 0 Å². The Labute approximate surface area is 220 Å². The van der Waals surface area contributed by atoms with E-state index in [1.165, 1.54) is 0 Å².